The van der Waals surface area contributed by atoms with Crippen LogP contribution in [0.25, 0.3) is 5.82 Å². The summed E-state index contributed by atoms with van der Waals surface area (Å²) in [4.78, 5) is 23.5. The second-order valence-electron chi connectivity index (χ2n) is 6.21. The van der Waals surface area contributed by atoms with Crippen molar-refractivity contribution < 1.29 is 4.79 Å². The quantitative estimate of drug-likeness (QED) is 0.875. The number of rotatable bonds is 3. The predicted octanol–water partition coefficient (Wildman–Crippen LogP) is 2.73. The Bertz CT molecular complexity index is 663. The van der Waals surface area contributed by atoms with Crippen LogP contribution in [0.5, 0.6) is 0 Å². The number of pyridine rings is 1. The van der Waals surface area contributed by atoms with Crippen LogP contribution in [-0.2, 0) is 4.79 Å². The number of amides is 1. The minimum Gasteiger partial charge on any atom is -0.334 e. The van der Waals surface area contributed by atoms with Gasteiger partial charge in [-0.15, -0.1) is 0 Å². The van der Waals surface area contributed by atoms with Crippen LogP contribution in [0.2, 0.25) is 0 Å². The molecule has 5 heteroatoms. The molecule has 1 amide bonds. The summed E-state index contributed by atoms with van der Waals surface area (Å²) in [6, 6.07) is 6.16. The van der Waals surface area contributed by atoms with Gasteiger partial charge in [0, 0.05) is 24.9 Å². The van der Waals surface area contributed by atoms with Gasteiger partial charge in [0.15, 0.2) is 0 Å². The molecule has 3 heterocycles. The average molecular weight is 296 g/mol. The van der Waals surface area contributed by atoms with Crippen molar-refractivity contribution >= 4 is 5.91 Å². The summed E-state index contributed by atoms with van der Waals surface area (Å²) in [5.41, 5.74) is 0.997. The van der Waals surface area contributed by atoms with E-state index in [0.717, 1.165) is 43.7 Å². The smallest absolute Gasteiger partial charge is 0.226 e. The third kappa shape index (κ3) is 2.30. The van der Waals surface area contributed by atoms with E-state index < -0.39 is 0 Å². The van der Waals surface area contributed by atoms with Crippen molar-refractivity contribution in [1.82, 2.24) is 19.4 Å². The van der Waals surface area contributed by atoms with E-state index in [-0.39, 0.29) is 12.0 Å². The molecule has 114 valence electrons. The van der Waals surface area contributed by atoms with Crippen LogP contribution in [-0.4, -0.2) is 31.9 Å². The molecule has 0 N–H and O–H groups in total. The molecule has 0 radical (unpaired) electrons. The highest BCUT2D eigenvalue weighted by molar-refractivity contribution is 5.80. The lowest BCUT2D eigenvalue weighted by atomic mass is 9.84. The van der Waals surface area contributed by atoms with Crippen LogP contribution in [0, 0.1) is 5.92 Å². The molecule has 0 bridgehead atoms. The number of aromatic nitrogens is 3. The molecule has 2 aliphatic rings. The van der Waals surface area contributed by atoms with E-state index >= 15 is 0 Å². The van der Waals surface area contributed by atoms with Gasteiger partial charge in [-0.1, -0.05) is 12.5 Å². The van der Waals surface area contributed by atoms with Crippen LogP contribution < -0.4 is 0 Å². The van der Waals surface area contributed by atoms with Gasteiger partial charge in [0.05, 0.1) is 11.7 Å². The summed E-state index contributed by atoms with van der Waals surface area (Å²) in [5, 5.41) is 0. The van der Waals surface area contributed by atoms with Crippen LogP contribution >= 0.6 is 0 Å². The van der Waals surface area contributed by atoms with Crippen LogP contribution in [0.4, 0.5) is 0 Å². The second kappa shape index (κ2) is 5.55. The summed E-state index contributed by atoms with van der Waals surface area (Å²) in [7, 11) is 0. The van der Waals surface area contributed by atoms with Crippen molar-refractivity contribution in [2.75, 3.05) is 6.54 Å². The van der Waals surface area contributed by atoms with Crippen molar-refractivity contribution in [3.8, 4) is 5.82 Å². The number of carbonyl (C=O) groups excluding carboxylic acids is 1. The van der Waals surface area contributed by atoms with Gasteiger partial charge in [0.25, 0.3) is 0 Å². The second-order valence-corrected chi connectivity index (χ2v) is 6.21. The lowest BCUT2D eigenvalue weighted by Crippen LogP contribution is -2.38. The molecule has 2 aromatic rings. The highest BCUT2D eigenvalue weighted by Crippen LogP contribution is 2.36. The van der Waals surface area contributed by atoms with Gasteiger partial charge < -0.3 is 4.90 Å². The molecule has 1 aliphatic heterocycles. The Kier molecular flexibility index (Phi) is 3.41. The number of nitrogens with zero attached hydrogens (tertiary/aromatic N) is 4. The number of likely N-dealkylation sites (tertiary alicyclic amines) is 1. The first-order valence-corrected chi connectivity index (χ1v) is 8.09. The molecule has 0 aromatic carbocycles. The Morgan fingerprint density at radius 3 is 2.82 bits per heavy atom. The van der Waals surface area contributed by atoms with Crippen LogP contribution in [0.15, 0.2) is 36.9 Å². The molecular weight excluding hydrogens is 276 g/mol. The summed E-state index contributed by atoms with van der Waals surface area (Å²) >= 11 is 0. The van der Waals surface area contributed by atoms with Gasteiger partial charge in [-0.25, -0.2) is 9.97 Å². The fraction of sp³-hybridized carbons (Fsp3) is 0.471. The largest absolute Gasteiger partial charge is 0.334 e. The maximum Gasteiger partial charge on any atom is 0.226 e. The Morgan fingerprint density at radius 1 is 1.18 bits per heavy atom. The van der Waals surface area contributed by atoms with E-state index in [1.165, 1.54) is 6.42 Å². The Labute approximate surface area is 130 Å². The molecule has 5 nitrogen and oxygen atoms in total. The first-order valence-electron chi connectivity index (χ1n) is 8.09. The van der Waals surface area contributed by atoms with E-state index in [4.69, 9.17) is 4.98 Å². The van der Waals surface area contributed by atoms with Gasteiger partial charge in [0.1, 0.15) is 12.1 Å². The highest BCUT2D eigenvalue weighted by atomic mass is 16.2. The maximum absolute atomic E-state index is 12.6. The molecule has 2 fully saturated rings. The molecule has 1 aliphatic carbocycles. The maximum atomic E-state index is 12.6. The van der Waals surface area contributed by atoms with E-state index in [1.54, 1.807) is 12.5 Å². The highest BCUT2D eigenvalue weighted by Gasteiger charge is 2.36. The topological polar surface area (TPSA) is 51.0 Å². The lowest BCUT2D eigenvalue weighted by molar-refractivity contribution is -0.139. The Hall–Kier alpha value is -2.17. The average Bonchev–Trinajstić information content (AvgIpc) is 3.17. The zero-order chi connectivity index (χ0) is 14.9. The molecule has 1 saturated carbocycles. The summed E-state index contributed by atoms with van der Waals surface area (Å²) < 4.78 is 1.90. The van der Waals surface area contributed by atoms with Crippen molar-refractivity contribution in [1.29, 1.82) is 0 Å². The SMILES string of the molecule is O=C(C1CCC1)N1CCC[C@@H]1c1cccc(-n2ccnc2)n1. The number of carbonyl (C=O) groups is 1. The van der Waals surface area contributed by atoms with E-state index in [0.29, 0.717) is 5.91 Å². The monoisotopic (exact) mass is 296 g/mol. The molecular formula is C17H20N4O. The first-order chi connectivity index (χ1) is 10.8. The van der Waals surface area contributed by atoms with Crippen LogP contribution in [0.3, 0.4) is 0 Å². The zero-order valence-electron chi connectivity index (χ0n) is 12.6. The number of hydrogen-bond acceptors (Lipinski definition) is 3. The summed E-state index contributed by atoms with van der Waals surface area (Å²) in [5.74, 6) is 1.46. The van der Waals surface area contributed by atoms with Crippen molar-refractivity contribution in [3.63, 3.8) is 0 Å². The Balaban J connectivity index is 1.60. The van der Waals surface area contributed by atoms with Crippen molar-refractivity contribution in [2.24, 2.45) is 5.92 Å². The van der Waals surface area contributed by atoms with E-state index in [2.05, 4.69) is 9.88 Å². The molecule has 2 aromatic heterocycles. The van der Waals surface area contributed by atoms with E-state index in [9.17, 15) is 4.79 Å². The van der Waals surface area contributed by atoms with Gasteiger partial charge in [-0.05, 0) is 37.8 Å². The van der Waals surface area contributed by atoms with Crippen molar-refractivity contribution in [3.05, 3.63) is 42.6 Å². The molecule has 0 unspecified atom stereocenters. The van der Waals surface area contributed by atoms with E-state index in [1.807, 2.05) is 29.0 Å². The third-order valence-electron chi connectivity index (χ3n) is 4.86. The fourth-order valence-corrected chi connectivity index (χ4v) is 3.39. The minimum atomic E-state index is 0.136. The molecule has 1 atom stereocenters. The van der Waals surface area contributed by atoms with Gasteiger partial charge in [0.2, 0.25) is 5.91 Å². The molecule has 4 rings (SSSR count). The van der Waals surface area contributed by atoms with Gasteiger partial charge >= 0.3 is 0 Å². The number of hydrogen-bond donors (Lipinski definition) is 0. The van der Waals surface area contributed by atoms with Crippen molar-refractivity contribution in [2.45, 2.75) is 38.1 Å². The zero-order valence-corrected chi connectivity index (χ0v) is 12.6. The number of imidazole rings is 1. The molecule has 1 saturated heterocycles. The minimum absolute atomic E-state index is 0.136. The Morgan fingerprint density at radius 2 is 2.09 bits per heavy atom. The lowest BCUT2D eigenvalue weighted by Gasteiger charge is -2.32. The fourth-order valence-electron chi connectivity index (χ4n) is 3.39. The standard InChI is InChI=1S/C17H20N4O/c22-17(13-4-1-5-13)21-10-3-7-15(21)14-6-2-8-16(19-14)20-11-9-18-12-20/h2,6,8-9,11-13,15H,1,3-5,7,10H2/t15-/m1/s1. The van der Waals surface area contributed by atoms with Gasteiger partial charge in [-0.3, -0.25) is 9.36 Å². The normalized spacial score (nSPS) is 21.8. The molecule has 0 spiro atoms. The summed E-state index contributed by atoms with van der Waals surface area (Å²) in [6.07, 6.45) is 10.8. The van der Waals surface area contributed by atoms with Crippen LogP contribution in [0.1, 0.15) is 43.8 Å². The molecule has 22 heavy (non-hydrogen) atoms. The first kappa shape index (κ1) is 13.5. The predicted molar refractivity (Wildman–Crippen MR) is 82.4 cm³/mol. The van der Waals surface area contributed by atoms with Gasteiger partial charge in [-0.2, -0.15) is 0 Å². The third-order valence-corrected chi connectivity index (χ3v) is 4.86. The summed E-state index contributed by atoms with van der Waals surface area (Å²) in [6.45, 7) is 0.872.